The normalized spacial score (nSPS) is 12.8. The van der Waals surface area contributed by atoms with Crippen molar-refractivity contribution in [3.8, 4) is 43.8 Å². The Balaban J connectivity index is 1.11. The summed E-state index contributed by atoms with van der Waals surface area (Å²) in [6, 6.07) is 64.3. The lowest BCUT2D eigenvalue weighted by molar-refractivity contribution is 0.477. The molecule has 0 N–H and O–H groups in total. The van der Waals surface area contributed by atoms with Gasteiger partial charge in [-0.2, -0.15) is 0 Å². The van der Waals surface area contributed by atoms with Gasteiger partial charge in [0.2, 0.25) is 0 Å². The van der Waals surface area contributed by atoms with Crippen molar-refractivity contribution in [2.24, 2.45) is 0 Å². The molecule has 2 aliphatic rings. The highest BCUT2D eigenvalue weighted by molar-refractivity contribution is 7.99. The largest absolute Gasteiger partial charge is 0.453 e. The van der Waals surface area contributed by atoms with Crippen LogP contribution in [-0.2, 0) is 0 Å². The molecule has 0 fully saturated rings. The molecule has 0 saturated carbocycles. The van der Waals surface area contributed by atoms with E-state index in [-0.39, 0.29) is 0 Å². The van der Waals surface area contributed by atoms with Gasteiger partial charge in [-0.3, -0.25) is 0 Å². The topological polar surface area (TPSA) is 41.5 Å². The van der Waals surface area contributed by atoms with Gasteiger partial charge in [0.15, 0.2) is 11.5 Å². The van der Waals surface area contributed by atoms with E-state index in [2.05, 4.69) is 168 Å². The third-order valence-corrected chi connectivity index (χ3v) is 14.0. The summed E-state index contributed by atoms with van der Waals surface area (Å²) in [7, 11) is 0. The van der Waals surface area contributed by atoms with Crippen LogP contribution in [0.15, 0.2) is 192 Å². The summed E-state index contributed by atoms with van der Waals surface area (Å²) in [5.41, 5.74) is 12.7. The van der Waals surface area contributed by atoms with E-state index < -0.39 is 0 Å². The van der Waals surface area contributed by atoms with Crippen molar-refractivity contribution in [2.45, 2.75) is 9.79 Å². The van der Waals surface area contributed by atoms with E-state index in [4.69, 9.17) is 14.7 Å². The molecule has 2 aromatic heterocycles. The Kier molecular flexibility index (Phi) is 7.76. The maximum absolute atomic E-state index is 6.41. The summed E-state index contributed by atoms with van der Waals surface area (Å²) in [5, 5.41) is 1.93. The van der Waals surface area contributed by atoms with Crippen molar-refractivity contribution in [1.82, 2.24) is 9.97 Å². The van der Waals surface area contributed by atoms with Gasteiger partial charge in [-0.1, -0.05) is 96.7 Å². The Bertz CT molecular complexity index is 2870. The SMILES string of the molecule is c1ccc2c(c1)Oc1ccccc1N2c1ccc(-c2ccc(N3c4ccccc4Sc4ccccc43)cc2-c2nc3ccccc3s2)c(-c2nc3ccccc3s2)c1. The van der Waals surface area contributed by atoms with Crippen LogP contribution in [0.4, 0.5) is 34.1 Å². The van der Waals surface area contributed by atoms with E-state index in [1.165, 1.54) is 21.2 Å². The minimum Gasteiger partial charge on any atom is -0.453 e. The van der Waals surface area contributed by atoms with E-state index in [1.54, 1.807) is 22.7 Å². The summed E-state index contributed by atoms with van der Waals surface area (Å²) in [6.07, 6.45) is 0. The number of aromatic nitrogens is 2. The number of benzene rings is 8. The molecular formula is C50H30N4OS3. The fourth-order valence-corrected chi connectivity index (χ4v) is 11.2. The molecule has 0 atom stereocenters. The molecule has 0 saturated heterocycles. The van der Waals surface area contributed by atoms with Crippen molar-refractivity contribution >= 4 is 89.0 Å². The number of hydrogen-bond acceptors (Lipinski definition) is 8. The van der Waals surface area contributed by atoms with Crippen LogP contribution in [0.3, 0.4) is 0 Å². The van der Waals surface area contributed by atoms with Gasteiger partial charge < -0.3 is 14.5 Å². The molecule has 8 aromatic carbocycles. The molecule has 0 radical (unpaired) electrons. The molecule has 0 aliphatic carbocycles. The number of para-hydroxylation sites is 8. The van der Waals surface area contributed by atoms with Crippen LogP contribution < -0.4 is 14.5 Å². The van der Waals surface area contributed by atoms with Gasteiger partial charge in [-0.25, -0.2) is 9.97 Å². The first-order valence-electron chi connectivity index (χ1n) is 19.1. The van der Waals surface area contributed by atoms with E-state index >= 15 is 0 Å². The molecule has 0 amide bonds. The quantitative estimate of drug-likeness (QED) is 0.173. The first-order chi connectivity index (χ1) is 28.7. The molecule has 5 nitrogen and oxygen atoms in total. The minimum atomic E-state index is 0.819. The smallest absolute Gasteiger partial charge is 0.151 e. The summed E-state index contributed by atoms with van der Waals surface area (Å²) >= 11 is 5.28. The highest BCUT2D eigenvalue weighted by Gasteiger charge is 2.29. The summed E-state index contributed by atoms with van der Waals surface area (Å²) in [6.45, 7) is 0. The molecule has 2 aliphatic heterocycles. The number of rotatable bonds is 5. The maximum atomic E-state index is 6.41. The zero-order chi connectivity index (χ0) is 38.2. The van der Waals surface area contributed by atoms with Crippen LogP contribution in [0.1, 0.15) is 0 Å². The lowest BCUT2D eigenvalue weighted by atomic mass is 9.93. The Hall–Kier alpha value is -6.71. The first-order valence-corrected chi connectivity index (χ1v) is 21.5. The van der Waals surface area contributed by atoms with Crippen LogP contribution in [0, 0.1) is 0 Å². The van der Waals surface area contributed by atoms with Gasteiger partial charge in [0.05, 0.1) is 43.2 Å². The average Bonchev–Trinajstić information content (AvgIpc) is 3.92. The number of hydrogen-bond donors (Lipinski definition) is 0. The molecule has 58 heavy (non-hydrogen) atoms. The second-order valence-corrected chi connectivity index (χ2v) is 17.3. The van der Waals surface area contributed by atoms with Gasteiger partial charge in [-0.05, 0) is 108 Å². The number of ether oxygens (including phenoxy) is 1. The molecule has 0 unspecified atom stereocenters. The van der Waals surface area contributed by atoms with Gasteiger partial charge in [-0.15, -0.1) is 22.7 Å². The molecule has 0 bridgehead atoms. The summed E-state index contributed by atoms with van der Waals surface area (Å²) in [5.74, 6) is 1.64. The average molecular weight is 799 g/mol. The molecule has 274 valence electrons. The lowest BCUT2D eigenvalue weighted by Crippen LogP contribution is -2.15. The number of nitrogens with zero attached hydrogens (tertiary/aromatic N) is 4. The highest BCUT2D eigenvalue weighted by Crippen LogP contribution is 2.54. The third-order valence-electron chi connectivity index (χ3n) is 10.7. The van der Waals surface area contributed by atoms with E-state index in [9.17, 15) is 0 Å². The van der Waals surface area contributed by atoms with Crippen LogP contribution in [0.2, 0.25) is 0 Å². The Morgan fingerprint density at radius 3 is 1.29 bits per heavy atom. The van der Waals surface area contributed by atoms with Crippen molar-refractivity contribution in [3.05, 3.63) is 182 Å². The van der Waals surface area contributed by atoms with E-state index in [1.807, 2.05) is 36.0 Å². The predicted octanol–water partition coefficient (Wildman–Crippen LogP) is 15.4. The van der Waals surface area contributed by atoms with Gasteiger partial charge >= 0.3 is 0 Å². The Morgan fingerprint density at radius 1 is 0.379 bits per heavy atom. The van der Waals surface area contributed by atoms with Crippen molar-refractivity contribution in [3.63, 3.8) is 0 Å². The van der Waals surface area contributed by atoms with Gasteiger partial charge in [0.25, 0.3) is 0 Å². The van der Waals surface area contributed by atoms with Crippen molar-refractivity contribution in [2.75, 3.05) is 9.80 Å². The number of anilines is 6. The second kappa shape index (κ2) is 13.5. The summed E-state index contributed by atoms with van der Waals surface area (Å²) < 4.78 is 8.72. The van der Waals surface area contributed by atoms with Crippen LogP contribution in [0.5, 0.6) is 11.5 Å². The van der Waals surface area contributed by atoms with Gasteiger partial charge in [0, 0.05) is 32.3 Å². The second-order valence-electron chi connectivity index (χ2n) is 14.2. The zero-order valence-electron chi connectivity index (χ0n) is 30.7. The molecule has 10 aromatic rings. The number of thiazole rings is 2. The third kappa shape index (κ3) is 5.45. The van der Waals surface area contributed by atoms with Crippen LogP contribution >= 0.6 is 34.4 Å². The number of fused-ring (bicyclic) bond motifs is 6. The fourth-order valence-electron chi connectivity index (χ4n) is 8.11. The fraction of sp³-hybridized carbons (Fsp3) is 0. The van der Waals surface area contributed by atoms with Gasteiger partial charge in [0.1, 0.15) is 10.0 Å². The van der Waals surface area contributed by atoms with Crippen molar-refractivity contribution < 1.29 is 4.74 Å². The van der Waals surface area contributed by atoms with E-state index in [0.29, 0.717) is 0 Å². The van der Waals surface area contributed by atoms with Crippen LogP contribution in [-0.4, -0.2) is 9.97 Å². The molecular weight excluding hydrogens is 769 g/mol. The standard InChI is InChI=1S/C50H30N4OS3/c1-9-21-45-37(13-1)51-49(57-45)35-29-31(53-39-15-3-7-19-43(39)55-44-20-8-4-16-40(44)53)25-27-33(35)34-28-26-32(30-36(34)50-52-38-14-2-10-22-46(38)58-50)54-41-17-5-11-23-47(41)56-48-24-12-6-18-42(48)54/h1-30H. The predicted molar refractivity (Wildman–Crippen MR) is 243 cm³/mol. The van der Waals surface area contributed by atoms with Crippen molar-refractivity contribution in [1.29, 1.82) is 0 Å². The lowest BCUT2D eigenvalue weighted by Gasteiger charge is -2.33. The Labute approximate surface area is 347 Å². The molecule has 4 heterocycles. The maximum Gasteiger partial charge on any atom is 0.151 e. The zero-order valence-corrected chi connectivity index (χ0v) is 33.2. The molecule has 8 heteroatoms. The highest BCUT2D eigenvalue weighted by atomic mass is 32.2. The first kappa shape index (κ1) is 33.4. The monoisotopic (exact) mass is 798 g/mol. The Morgan fingerprint density at radius 2 is 0.793 bits per heavy atom. The minimum absolute atomic E-state index is 0.819. The summed E-state index contributed by atoms with van der Waals surface area (Å²) in [4.78, 5) is 17.7. The van der Waals surface area contributed by atoms with Crippen LogP contribution in [0.25, 0.3) is 52.7 Å². The molecule has 12 rings (SSSR count). The van der Waals surface area contributed by atoms with E-state index in [0.717, 1.165) is 87.0 Å². The molecule has 0 spiro atoms.